The zero-order valence-electron chi connectivity index (χ0n) is 23.4. The smallest absolute Gasteiger partial charge is 0.342 e. The molecule has 0 bridgehead atoms. The van der Waals surface area contributed by atoms with E-state index in [-0.39, 0.29) is 18.4 Å². The molecule has 1 N–H and O–H groups in total. The number of hydrogen-bond donors (Lipinski definition) is 1. The van der Waals surface area contributed by atoms with Gasteiger partial charge in [0.2, 0.25) is 0 Å². The van der Waals surface area contributed by atoms with E-state index in [1.807, 2.05) is 60.7 Å². The molecule has 1 aliphatic rings. The number of aromatic nitrogens is 1. The van der Waals surface area contributed by atoms with E-state index in [2.05, 4.69) is 9.88 Å². The number of pyridine rings is 1. The lowest BCUT2D eigenvalue weighted by Gasteiger charge is -2.36. The number of piperidine rings is 1. The Kier molecular flexibility index (Phi) is 7.61. The quantitative estimate of drug-likeness (QED) is 0.203. The lowest BCUT2D eigenvalue weighted by molar-refractivity contribution is 0.0526. The number of phenols is 1. The number of ether oxygens (including phenoxy) is 2. The summed E-state index contributed by atoms with van der Waals surface area (Å²) in [4.78, 5) is 20.0. The van der Waals surface area contributed by atoms with Crippen LogP contribution in [0.15, 0.2) is 77.5 Å². The molecule has 0 aliphatic carbocycles. The van der Waals surface area contributed by atoms with Crippen molar-refractivity contribution in [2.24, 2.45) is 0 Å². The second kappa shape index (κ2) is 11.6. The molecule has 1 fully saturated rings. The van der Waals surface area contributed by atoms with Crippen molar-refractivity contribution < 1.29 is 23.8 Å². The molecule has 0 spiro atoms. The molecule has 2 aromatic heterocycles. The first kappa shape index (κ1) is 26.8. The van der Waals surface area contributed by atoms with E-state index in [1.54, 1.807) is 26.2 Å². The molecule has 1 saturated heterocycles. The lowest BCUT2D eigenvalue weighted by atomic mass is 9.88. The zero-order chi connectivity index (χ0) is 28.3. The third-order valence-electron chi connectivity index (χ3n) is 7.88. The van der Waals surface area contributed by atoms with Crippen LogP contribution >= 0.6 is 0 Å². The normalized spacial score (nSPS) is 14.8. The molecule has 5 aromatic rings. The van der Waals surface area contributed by atoms with Gasteiger partial charge in [0.15, 0.2) is 0 Å². The third kappa shape index (κ3) is 5.13. The highest BCUT2D eigenvalue weighted by molar-refractivity contribution is 6.17. The van der Waals surface area contributed by atoms with Gasteiger partial charge < -0.3 is 19.0 Å². The number of phenolic OH excluding ortho intramolecular Hbond substituents is 1. The summed E-state index contributed by atoms with van der Waals surface area (Å²) in [5.41, 5.74) is 3.59. The number of benzene rings is 3. The molecule has 41 heavy (non-hydrogen) atoms. The maximum absolute atomic E-state index is 13.3. The predicted molar refractivity (Wildman–Crippen MR) is 158 cm³/mol. The molecule has 7 heteroatoms. The number of aryl methyl sites for hydroxylation is 1. The Morgan fingerprint density at radius 3 is 2.51 bits per heavy atom. The van der Waals surface area contributed by atoms with Gasteiger partial charge in [-0.15, -0.1) is 0 Å². The van der Waals surface area contributed by atoms with Gasteiger partial charge in [0, 0.05) is 34.1 Å². The first-order valence-corrected chi connectivity index (χ1v) is 14.3. The van der Waals surface area contributed by atoms with Crippen LogP contribution in [0.3, 0.4) is 0 Å². The van der Waals surface area contributed by atoms with E-state index in [9.17, 15) is 9.90 Å². The number of hydrogen-bond acceptors (Lipinski definition) is 7. The minimum atomic E-state index is -0.460. The Bertz CT molecular complexity index is 1670. The van der Waals surface area contributed by atoms with Gasteiger partial charge in [0.05, 0.1) is 12.6 Å². The highest BCUT2D eigenvalue weighted by atomic mass is 16.5. The summed E-state index contributed by atoms with van der Waals surface area (Å²) in [6.07, 6.45) is 6.82. The summed E-state index contributed by atoms with van der Waals surface area (Å²) < 4.78 is 17.9. The number of aromatic hydroxyl groups is 1. The molecular weight excluding hydrogens is 516 g/mol. The van der Waals surface area contributed by atoms with Crippen LogP contribution < -0.4 is 4.74 Å². The van der Waals surface area contributed by atoms with E-state index >= 15 is 0 Å². The van der Waals surface area contributed by atoms with Crippen LogP contribution in [0.5, 0.6) is 11.5 Å². The van der Waals surface area contributed by atoms with Gasteiger partial charge >= 0.3 is 5.97 Å². The molecule has 1 unspecified atom stereocenters. The molecule has 210 valence electrons. The molecule has 0 saturated carbocycles. The average Bonchev–Trinajstić information content (AvgIpc) is 3.36. The largest absolute Gasteiger partial charge is 0.507 e. The molecular formula is C34H34N2O5. The predicted octanol–water partition coefficient (Wildman–Crippen LogP) is 7.33. The maximum atomic E-state index is 13.3. The fraction of sp³-hybridized carbons (Fsp3) is 0.294. The van der Waals surface area contributed by atoms with Crippen molar-refractivity contribution in [1.29, 1.82) is 0 Å². The Morgan fingerprint density at radius 2 is 1.78 bits per heavy atom. The van der Waals surface area contributed by atoms with Crippen molar-refractivity contribution in [3.05, 3.63) is 101 Å². The van der Waals surface area contributed by atoms with E-state index in [1.165, 1.54) is 6.42 Å². The highest BCUT2D eigenvalue weighted by Gasteiger charge is 2.34. The lowest BCUT2D eigenvalue weighted by Crippen LogP contribution is -2.34. The van der Waals surface area contributed by atoms with Crippen LogP contribution in [0, 0.1) is 6.92 Å². The van der Waals surface area contributed by atoms with E-state index < -0.39 is 5.97 Å². The highest BCUT2D eigenvalue weighted by Crippen LogP contribution is 2.48. The summed E-state index contributed by atoms with van der Waals surface area (Å²) in [5, 5.41) is 14.1. The van der Waals surface area contributed by atoms with Crippen LogP contribution in [0.1, 0.15) is 65.0 Å². The fourth-order valence-corrected chi connectivity index (χ4v) is 6.00. The number of nitrogens with zero attached hydrogens (tertiary/aromatic N) is 2. The molecule has 6 rings (SSSR count). The van der Waals surface area contributed by atoms with Crippen molar-refractivity contribution >= 4 is 27.7 Å². The van der Waals surface area contributed by atoms with Gasteiger partial charge in [0.1, 0.15) is 35.0 Å². The van der Waals surface area contributed by atoms with Crippen molar-refractivity contribution in [2.45, 2.75) is 45.8 Å². The number of rotatable bonds is 8. The third-order valence-corrected chi connectivity index (χ3v) is 7.88. The molecule has 1 aliphatic heterocycles. The summed E-state index contributed by atoms with van der Waals surface area (Å²) in [7, 11) is 0. The second-order valence-electron chi connectivity index (χ2n) is 10.5. The van der Waals surface area contributed by atoms with Crippen molar-refractivity contribution in [2.75, 3.05) is 19.7 Å². The number of furan rings is 1. The first-order chi connectivity index (χ1) is 20.1. The van der Waals surface area contributed by atoms with Crippen LogP contribution in [0.2, 0.25) is 0 Å². The standard InChI is InChI=1S/C34H34N2O5/c1-3-39-34(38)28-22(2)41-33-26-13-12-25(40-21-23-10-6-4-7-11-23)20-27(26)32(37)30(29(28)33)31(24-14-16-35-17-15-24)36-18-8-5-9-19-36/h4,6-7,10-17,20,31,37H,3,5,8-9,18-19,21H2,1-2H3. The minimum Gasteiger partial charge on any atom is -0.507 e. The van der Waals surface area contributed by atoms with Crippen LogP contribution in [-0.2, 0) is 11.3 Å². The summed E-state index contributed by atoms with van der Waals surface area (Å²) in [6, 6.07) is 19.2. The van der Waals surface area contributed by atoms with E-state index in [0.29, 0.717) is 51.0 Å². The molecule has 1 atom stereocenters. The van der Waals surface area contributed by atoms with Gasteiger partial charge in [-0.3, -0.25) is 9.88 Å². The van der Waals surface area contributed by atoms with E-state index in [4.69, 9.17) is 13.9 Å². The molecule has 7 nitrogen and oxygen atoms in total. The number of likely N-dealkylation sites (tertiary alicyclic amines) is 1. The van der Waals surface area contributed by atoms with Gasteiger partial charge in [-0.05, 0) is 81.2 Å². The number of carbonyl (C=O) groups is 1. The molecule has 3 heterocycles. The Labute approximate surface area is 239 Å². The van der Waals surface area contributed by atoms with Crippen LogP contribution in [0.25, 0.3) is 21.7 Å². The van der Waals surface area contributed by atoms with Gasteiger partial charge in [-0.25, -0.2) is 4.79 Å². The Morgan fingerprint density at radius 1 is 1.02 bits per heavy atom. The fourth-order valence-electron chi connectivity index (χ4n) is 6.00. The van der Waals surface area contributed by atoms with Crippen molar-refractivity contribution in [3.63, 3.8) is 0 Å². The van der Waals surface area contributed by atoms with Gasteiger partial charge in [-0.1, -0.05) is 36.8 Å². The zero-order valence-corrected chi connectivity index (χ0v) is 23.4. The summed E-state index contributed by atoms with van der Waals surface area (Å²) in [5.74, 6) is 0.743. The first-order valence-electron chi connectivity index (χ1n) is 14.3. The van der Waals surface area contributed by atoms with E-state index in [0.717, 1.165) is 37.1 Å². The molecule has 3 aromatic carbocycles. The number of fused-ring (bicyclic) bond motifs is 3. The maximum Gasteiger partial charge on any atom is 0.342 e. The topological polar surface area (TPSA) is 85.0 Å². The van der Waals surface area contributed by atoms with Crippen molar-refractivity contribution in [1.82, 2.24) is 9.88 Å². The average molecular weight is 551 g/mol. The van der Waals surface area contributed by atoms with Crippen LogP contribution in [0.4, 0.5) is 0 Å². The van der Waals surface area contributed by atoms with Crippen LogP contribution in [-0.4, -0.2) is 40.7 Å². The SMILES string of the molecule is CCOC(=O)c1c(C)oc2c1c(C(c1ccncc1)N1CCCCC1)c(O)c1cc(OCc3ccccc3)ccc12. The van der Waals surface area contributed by atoms with Crippen molar-refractivity contribution in [3.8, 4) is 11.5 Å². The van der Waals surface area contributed by atoms with Gasteiger partial charge in [0.25, 0.3) is 0 Å². The molecule has 0 radical (unpaired) electrons. The number of carbonyl (C=O) groups excluding carboxylic acids is 1. The number of esters is 1. The van der Waals surface area contributed by atoms with Gasteiger partial charge in [-0.2, -0.15) is 0 Å². The summed E-state index contributed by atoms with van der Waals surface area (Å²) in [6.45, 7) is 5.95. The summed E-state index contributed by atoms with van der Waals surface area (Å²) >= 11 is 0. The minimum absolute atomic E-state index is 0.108. The monoisotopic (exact) mass is 550 g/mol. The Balaban J connectivity index is 1.60. The second-order valence-corrected chi connectivity index (χ2v) is 10.5. The molecule has 0 amide bonds. The Hall–Kier alpha value is -4.36.